The predicted molar refractivity (Wildman–Crippen MR) is 152 cm³/mol. The average molecular weight is 507 g/mol. The van der Waals surface area contributed by atoms with Gasteiger partial charge in [0.1, 0.15) is 0 Å². The highest BCUT2D eigenvalue weighted by atomic mass is 16.3. The summed E-state index contributed by atoms with van der Waals surface area (Å²) in [5.74, 6) is 1.89. The highest BCUT2D eigenvalue weighted by Crippen LogP contribution is 2.64. The number of carbonyl (C=O) groups excluding carboxylic acids is 2. The fourth-order valence-corrected chi connectivity index (χ4v) is 8.22. The SMILES string of the molecule is C[C@]12CC[C@H](O)CC1=CCC1C2CC[C@]2(C)C(=O)/C(=C/c3ccc(/C=C/C(=O)c4ccccc4)cc3)CC12. The van der Waals surface area contributed by atoms with Crippen molar-refractivity contribution in [2.75, 3.05) is 0 Å². The lowest BCUT2D eigenvalue weighted by molar-refractivity contribution is -0.130. The van der Waals surface area contributed by atoms with Crippen LogP contribution in [0.2, 0.25) is 0 Å². The first-order valence-electron chi connectivity index (χ1n) is 14.3. The number of Topliss-reactive ketones (excluding diaryl/α,β-unsaturated/α-hetero) is 1. The fraction of sp³-hybridized carbons (Fsp3) is 0.429. The van der Waals surface area contributed by atoms with Crippen LogP contribution in [0, 0.1) is 28.6 Å². The van der Waals surface area contributed by atoms with Crippen molar-refractivity contribution in [1.29, 1.82) is 0 Å². The standard InChI is InChI=1S/C35H38O3/c1-34-18-16-28(36)22-27(34)13-14-29-30(34)17-19-35(2)31(29)21-26(33(35)38)20-24-10-8-23(9-11-24)12-15-32(37)25-6-4-3-5-7-25/h3-13,15,20,28-31,36H,14,16-19,21-22H2,1-2H3/b15-12+,26-20+/t28-,29?,30?,31?,34-,35-/m0/s1. The second-order valence-electron chi connectivity index (χ2n) is 12.5. The number of carbonyl (C=O) groups is 2. The van der Waals surface area contributed by atoms with Crippen LogP contribution in [-0.2, 0) is 4.79 Å². The summed E-state index contributed by atoms with van der Waals surface area (Å²) in [7, 11) is 0. The molecule has 0 amide bonds. The molecule has 0 aliphatic heterocycles. The van der Waals surface area contributed by atoms with Crippen molar-refractivity contribution in [3.63, 3.8) is 0 Å². The van der Waals surface area contributed by atoms with Crippen molar-refractivity contribution in [2.24, 2.45) is 28.6 Å². The van der Waals surface area contributed by atoms with Gasteiger partial charge >= 0.3 is 0 Å². The number of benzene rings is 2. The number of hydrogen-bond donors (Lipinski definition) is 1. The minimum atomic E-state index is -0.261. The summed E-state index contributed by atoms with van der Waals surface area (Å²) in [6.07, 6.45) is 14.6. The Balaban J connectivity index is 1.19. The number of aliphatic hydroxyl groups excluding tert-OH is 1. The van der Waals surface area contributed by atoms with Gasteiger partial charge in [-0.3, -0.25) is 9.59 Å². The zero-order valence-electron chi connectivity index (χ0n) is 22.5. The van der Waals surface area contributed by atoms with E-state index >= 15 is 0 Å². The van der Waals surface area contributed by atoms with E-state index in [1.807, 2.05) is 60.7 Å². The maximum atomic E-state index is 13.8. The van der Waals surface area contributed by atoms with E-state index in [1.165, 1.54) is 5.57 Å². The Hall–Kier alpha value is -3.04. The molecule has 3 fully saturated rings. The molecule has 0 aromatic heterocycles. The van der Waals surface area contributed by atoms with Crippen LogP contribution in [0.3, 0.4) is 0 Å². The lowest BCUT2D eigenvalue weighted by Gasteiger charge is -2.56. The number of ketones is 2. The normalized spacial score (nSPS) is 35.5. The van der Waals surface area contributed by atoms with Gasteiger partial charge in [0.2, 0.25) is 0 Å². The molecule has 2 aromatic carbocycles. The lowest BCUT2D eigenvalue weighted by atomic mass is 9.48. The summed E-state index contributed by atoms with van der Waals surface area (Å²) in [5.41, 5.74) is 5.06. The van der Waals surface area contributed by atoms with Gasteiger partial charge in [-0.1, -0.05) is 86.2 Å². The van der Waals surface area contributed by atoms with E-state index in [-0.39, 0.29) is 22.7 Å². The molecule has 3 saturated carbocycles. The van der Waals surface area contributed by atoms with E-state index in [9.17, 15) is 14.7 Å². The summed E-state index contributed by atoms with van der Waals surface area (Å²) in [6, 6.07) is 17.4. The van der Waals surface area contributed by atoms with Crippen LogP contribution in [0.1, 0.15) is 80.3 Å². The van der Waals surface area contributed by atoms with E-state index in [0.29, 0.717) is 29.1 Å². The Morgan fingerprint density at radius 2 is 1.61 bits per heavy atom. The molecular formula is C35H38O3. The Morgan fingerprint density at radius 1 is 0.895 bits per heavy atom. The summed E-state index contributed by atoms with van der Waals surface area (Å²) in [4.78, 5) is 26.1. The van der Waals surface area contributed by atoms with E-state index in [1.54, 1.807) is 6.08 Å². The highest BCUT2D eigenvalue weighted by molar-refractivity contribution is 6.07. The molecule has 0 heterocycles. The average Bonchev–Trinajstić information content (AvgIpc) is 3.18. The first-order valence-corrected chi connectivity index (χ1v) is 14.3. The van der Waals surface area contributed by atoms with Crippen molar-refractivity contribution >= 4 is 23.7 Å². The van der Waals surface area contributed by atoms with Crippen LogP contribution < -0.4 is 0 Å². The topological polar surface area (TPSA) is 54.4 Å². The number of fused-ring (bicyclic) bond motifs is 5. The molecule has 38 heavy (non-hydrogen) atoms. The smallest absolute Gasteiger partial charge is 0.185 e. The van der Waals surface area contributed by atoms with E-state index in [0.717, 1.165) is 61.6 Å². The predicted octanol–water partition coefficient (Wildman–Crippen LogP) is 7.47. The molecule has 0 bridgehead atoms. The van der Waals surface area contributed by atoms with Crippen LogP contribution >= 0.6 is 0 Å². The summed E-state index contributed by atoms with van der Waals surface area (Å²) in [6.45, 7) is 4.65. The Kier molecular flexibility index (Phi) is 6.39. The molecule has 0 saturated heterocycles. The molecule has 3 unspecified atom stereocenters. The Bertz CT molecular complexity index is 1330. The lowest BCUT2D eigenvalue weighted by Crippen LogP contribution is -2.50. The summed E-state index contributed by atoms with van der Waals surface area (Å²) < 4.78 is 0. The van der Waals surface area contributed by atoms with Crippen LogP contribution in [0.15, 0.2) is 77.9 Å². The monoisotopic (exact) mass is 506 g/mol. The van der Waals surface area contributed by atoms with E-state index in [2.05, 4.69) is 26.0 Å². The minimum Gasteiger partial charge on any atom is -0.393 e. The van der Waals surface area contributed by atoms with Gasteiger partial charge < -0.3 is 5.11 Å². The molecule has 6 atom stereocenters. The van der Waals surface area contributed by atoms with Gasteiger partial charge in [0.25, 0.3) is 0 Å². The molecule has 4 aliphatic carbocycles. The highest BCUT2D eigenvalue weighted by Gasteiger charge is 2.59. The first-order chi connectivity index (χ1) is 18.3. The largest absolute Gasteiger partial charge is 0.393 e. The van der Waals surface area contributed by atoms with Crippen molar-refractivity contribution < 1.29 is 14.7 Å². The van der Waals surface area contributed by atoms with E-state index in [4.69, 9.17) is 0 Å². The van der Waals surface area contributed by atoms with Gasteiger partial charge in [0.15, 0.2) is 11.6 Å². The van der Waals surface area contributed by atoms with Crippen LogP contribution in [0.25, 0.3) is 12.2 Å². The van der Waals surface area contributed by atoms with Crippen LogP contribution in [0.4, 0.5) is 0 Å². The van der Waals surface area contributed by atoms with Gasteiger partial charge in [-0.2, -0.15) is 0 Å². The third-order valence-corrected chi connectivity index (χ3v) is 10.5. The molecule has 4 aliphatic rings. The van der Waals surface area contributed by atoms with Crippen molar-refractivity contribution in [3.8, 4) is 0 Å². The maximum absolute atomic E-state index is 13.8. The second-order valence-corrected chi connectivity index (χ2v) is 12.5. The van der Waals surface area contributed by atoms with Crippen molar-refractivity contribution in [3.05, 3.63) is 94.6 Å². The minimum absolute atomic E-state index is 0.00885. The maximum Gasteiger partial charge on any atom is 0.185 e. The number of allylic oxidation sites excluding steroid dienone is 3. The molecule has 0 spiro atoms. The van der Waals surface area contributed by atoms with Gasteiger partial charge in [-0.05, 0) is 97.0 Å². The quantitative estimate of drug-likeness (QED) is 0.266. The number of hydrogen-bond acceptors (Lipinski definition) is 3. The number of aliphatic hydroxyl groups is 1. The molecule has 1 N–H and O–H groups in total. The van der Waals surface area contributed by atoms with Crippen molar-refractivity contribution in [2.45, 2.75) is 64.9 Å². The van der Waals surface area contributed by atoms with E-state index < -0.39 is 0 Å². The molecular weight excluding hydrogens is 468 g/mol. The Labute approximate surface area is 226 Å². The third kappa shape index (κ3) is 4.25. The second kappa shape index (κ2) is 9.61. The molecule has 0 radical (unpaired) electrons. The first kappa shape index (κ1) is 25.2. The fourth-order valence-electron chi connectivity index (χ4n) is 8.22. The molecule has 2 aromatic rings. The molecule has 196 valence electrons. The molecule has 3 nitrogen and oxygen atoms in total. The van der Waals surface area contributed by atoms with Crippen molar-refractivity contribution in [1.82, 2.24) is 0 Å². The Morgan fingerprint density at radius 3 is 2.37 bits per heavy atom. The summed E-state index contributed by atoms with van der Waals surface area (Å²) in [5, 5.41) is 10.3. The zero-order valence-corrected chi connectivity index (χ0v) is 22.5. The zero-order chi connectivity index (χ0) is 26.5. The third-order valence-electron chi connectivity index (χ3n) is 10.5. The van der Waals surface area contributed by atoms with Gasteiger partial charge in [-0.25, -0.2) is 0 Å². The number of rotatable bonds is 4. The summed E-state index contributed by atoms with van der Waals surface area (Å²) >= 11 is 0. The van der Waals surface area contributed by atoms with Crippen LogP contribution in [0.5, 0.6) is 0 Å². The molecule has 6 rings (SSSR count). The van der Waals surface area contributed by atoms with Gasteiger partial charge in [0, 0.05) is 11.0 Å². The van der Waals surface area contributed by atoms with Gasteiger partial charge in [-0.15, -0.1) is 0 Å². The molecule has 3 heteroatoms. The van der Waals surface area contributed by atoms with Gasteiger partial charge in [0.05, 0.1) is 6.10 Å². The van der Waals surface area contributed by atoms with Crippen LogP contribution in [-0.4, -0.2) is 22.8 Å².